The number of aliphatic hydroxyl groups excluding tert-OH is 1. The van der Waals surface area contributed by atoms with E-state index in [2.05, 4.69) is 5.32 Å². The standard InChI is InChI=1S/C13H17N3O4/c1-14-13(18)9-4-5-11(16(19)20)12(7-9)15-6-2-3-10(17)8-15/h4-5,7,10,17H,2-3,6,8H2,1H3,(H,14,18). The van der Waals surface area contributed by atoms with Crippen LogP contribution in [0.3, 0.4) is 0 Å². The first kappa shape index (κ1) is 14.3. The van der Waals surface area contributed by atoms with E-state index >= 15 is 0 Å². The lowest BCUT2D eigenvalue weighted by Crippen LogP contribution is -2.38. The Morgan fingerprint density at radius 1 is 1.55 bits per heavy atom. The molecule has 1 fully saturated rings. The fourth-order valence-electron chi connectivity index (χ4n) is 2.39. The van der Waals surface area contributed by atoms with E-state index in [1.54, 1.807) is 4.90 Å². The minimum atomic E-state index is -0.494. The van der Waals surface area contributed by atoms with Crippen molar-refractivity contribution in [2.45, 2.75) is 18.9 Å². The Hall–Kier alpha value is -2.15. The monoisotopic (exact) mass is 279 g/mol. The number of hydrogen-bond donors (Lipinski definition) is 2. The molecular formula is C13H17N3O4. The van der Waals surface area contributed by atoms with Crippen molar-refractivity contribution in [1.29, 1.82) is 0 Å². The molecule has 20 heavy (non-hydrogen) atoms. The number of benzene rings is 1. The summed E-state index contributed by atoms with van der Waals surface area (Å²) in [7, 11) is 1.51. The average molecular weight is 279 g/mol. The molecule has 7 heteroatoms. The van der Waals surface area contributed by atoms with Crippen molar-refractivity contribution in [3.8, 4) is 0 Å². The molecule has 7 nitrogen and oxygen atoms in total. The third-order valence-electron chi connectivity index (χ3n) is 3.40. The number of nitrogens with zero attached hydrogens (tertiary/aromatic N) is 2. The first-order valence-electron chi connectivity index (χ1n) is 6.46. The van der Waals surface area contributed by atoms with Gasteiger partial charge in [0.25, 0.3) is 11.6 Å². The first-order valence-corrected chi connectivity index (χ1v) is 6.46. The molecular weight excluding hydrogens is 262 g/mol. The molecule has 1 unspecified atom stereocenters. The zero-order chi connectivity index (χ0) is 14.7. The summed E-state index contributed by atoms with van der Waals surface area (Å²) in [6, 6.07) is 4.27. The molecule has 0 aromatic heterocycles. The van der Waals surface area contributed by atoms with Gasteiger partial charge in [-0.2, -0.15) is 0 Å². The zero-order valence-corrected chi connectivity index (χ0v) is 11.2. The van der Waals surface area contributed by atoms with Crippen LogP contribution in [-0.2, 0) is 0 Å². The summed E-state index contributed by atoms with van der Waals surface area (Å²) in [4.78, 5) is 24.1. The second-order valence-electron chi connectivity index (χ2n) is 4.78. The van der Waals surface area contributed by atoms with Crippen LogP contribution in [0.2, 0.25) is 0 Å². The Kier molecular flexibility index (Phi) is 4.19. The van der Waals surface area contributed by atoms with Gasteiger partial charge < -0.3 is 15.3 Å². The van der Waals surface area contributed by atoms with Gasteiger partial charge in [-0.25, -0.2) is 0 Å². The number of amides is 1. The Bertz CT molecular complexity index is 532. The molecule has 1 aliphatic heterocycles. The molecule has 0 bridgehead atoms. The van der Waals surface area contributed by atoms with Crippen molar-refractivity contribution in [3.05, 3.63) is 33.9 Å². The Morgan fingerprint density at radius 2 is 2.30 bits per heavy atom. The van der Waals surface area contributed by atoms with Crippen molar-refractivity contribution in [2.75, 3.05) is 25.0 Å². The fourth-order valence-corrected chi connectivity index (χ4v) is 2.39. The van der Waals surface area contributed by atoms with E-state index in [1.807, 2.05) is 0 Å². The van der Waals surface area contributed by atoms with Gasteiger partial charge >= 0.3 is 0 Å². The Balaban J connectivity index is 2.41. The van der Waals surface area contributed by atoms with Crippen LogP contribution in [0.5, 0.6) is 0 Å². The number of nitro benzene ring substituents is 1. The van der Waals surface area contributed by atoms with E-state index in [4.69, 9.17) is 0 Å². The van der Waals surface area contributed by atoms with Gasteiger partial charge in [-0.05, 0) is 25.0 Å². The van der Waals surface area contributed by atoms with Gasteiger partial charge in [0, 0.05) is 31.8 Å². The highest BCUT2D eigenvalue weighted by Crippen LogP contribution is 2.31. The van der Waals surface area contributed by atoms with Crippen molar-refractivity contribution in [2.24, 2.45) is 0 Å². The second kappa shape index (κ2) is 5.87. The highest BCUT2D eigenvalue weighted by Gasteiger charge is 2.25. The number of carbonyl (C=O) groups is 1. The molecule has 1 saturated heterocycles. The van der Waals surface area contributed by atoms with E-state index in [-0.39, 0.29) is 11.6 Å². The number of piperidine rings is 1. The minimum absolute atomic E-state index is 0.0493. The van der Waals surface area contributed by atoms with Crippen molar-refractivity contribution in [1.82, 2.24) is 5.32 Å². The van der Waals surface area contributed by atoms with Crippen molar-refractivity contribution >= 4 is 17.3 Å². The van der Waals surface area contributed by atoms with Crippen LogP contribution in [0, 0.1) is 10.1 Å². The van der Waals surface area contributed by atoms with E-state index in [0.717, 1.165) is 6.42 Å². The molecule has 1 amide bonds. The molecule has 1 aromatic carbocycles. The van der Waals surface area contributed by atoms with Crippen molar-refractivity contribution < 1.29 is 14.8 Å². The molecule has 0 saturated carbocycles. The summed E-state index contributed by atoms with van der Waals surface area (Å²) >= 11 is 0. The van der Waals surface area contributed by atoms with Gasteiger partial charge in [-0.1, -0.05) is 0 Å². The number of rotatable bonds is 3. The lowest BCUT2D eigenvalue weighted by atomic mass is 10.1. The van der Waals surface area contributed by atoms with Crippen LogP contribution in [0.4, 0.5) is 11.4 Å². The molecule has 2 rings (SSSR count). The topological polar surface area (TPSA) is 95.7 Å². The lowest BCUT2D eigenvalue weighted by Gasteiger charge is -2.31. The van der Waals surface area contributed by atoms with Gasteiger partial charge in [0.15, 0.2) is 0 Å². The van der Waals surface area contributed by atoms with Gasteiger partial charge in [0.1, 0.15) is 5.69 Å². The van der Waals surface area contributed by atoms with E-state index in [9.17, 15) is 20.0 Å². The molecule has 1 aromatic rings. The molecule has 0 radical (unpaired) electrons. The quantitative estimate of drug-likeness (QED) is 0.633. The number of anilines is 1. The maximum absolute atomic E-state index is 11.6. The smallest absolute Gasteiger partial charge is 0.292 e. The predicted molar refractivity (Wildman–Crippen MR) is 73.9 cm³/mol. The summed E-state index contributed by atoms with van der Waals surface area (Å²) in [6.45, 7) is 0.979. The zero-order valence-electron chi connectivity index (χ0n) is 11.2. The third kappa shape index (κ3) is 2.88. The number of nitrogens with one attached hydrogen (secondary N) is 1. The number of aliphatic hydroxyl groups is 1. The van der Waals surface area contributed by atoms with E-state index < -0.39 is 11.0 Å². The average Bonchev–Trinajstić information content (AvgIpc) is 2.45. The normalized spacial score (nSPS) is 18.7. The molecule has 108 valence electrons. The Morgan fingerprint density at radius 3 is 2.90 bits per heavy atom. The van der Waals surface area contributed by atoms with Gasteiger partial charge in [-0.3, -0.25) is 14.9 Å². The number of hydrogen-bond acceptors (Lipinski definition) is 5. The van der Waals surface area contributed by atoms with Crippen LogP contribution in [0.1, 0.15) is 23.2 Å². The van der Waals surface area contributed by atoms with E-state index in [1.165, 1.54) is 25.2 Å². The summed E-state index contributed by atoms with van der Waals surface area (Å²) in [5.41, 5.74) is 0.703. The van der Waals surface area contributed by atoms with Crippen LogP contribution in [0.25, 0.3) is 0 Å². The first-order chi connectivity index (χ1) is 9.52. The molecule has 0 spiro atoms. The SMILES string of the molecule is CNC(=O)c1ccc([N+](=O)[O-])c(N2CCCC(O)C2)c1. The predicted octanol–water partition coefficient (Wildman–Crippen LogP) is 0.915. The van der Waals surface area contributed by atoms with Gasteiger partial charge in [-0.15, -0.1) is 0 Å². The lowest BCUT2D eigenvalue weighted by molar-refractivity contribution is -0.384. The maximum Gasteiger partial charge on any atom is 0.292 e. The Labute approximate surface area is 116 Å². The van der Waals surface area contributed by atoms with E-state index in [0.29, 0.717) is 30.8 Å². The minimum Gasteiger partial charge on any atom is -0.391 e. The van der Waals surface area contributed by atoms with Crippen LogP contribution >= 0.6 is 0 Å². The fraction of sp³-hybridized carbons (Fsp3) is 0.462. The summed E-state index contributed by atoms with van der Waals surface area (Å²) in [5, 5.41) is 23.3. The summed E-state index contributed by atoms with van der Waals surface area (Å²) in [5.74, 6) is -0.293. The van der Waals surface area contributed by atoms with Gasteiger partial charge in [0.2, 0.25) is 0 Å². The highest BCUT2D eigenvalue weighted by atomic mass is 16.6. The molecule has 1 aliphatic rings. The van der Waals surface area contributed by atoms with Gasteiger partial charge in [0.05, 0.1) is 11.0 Å². The molecule has 0 aliphatic carbocycles. The molecule has 2 N–H and O–H groups in total. The van der Waals surface area contributed by atoms with Crippen LogP contribution in [0.15, 0.2) is 18.2 Å². The second-order valence-corrected chi connectivity index (χ2v) is 4.78. The van der Waals surface area contributed by atoms with Crippen LogP contribution in [-0.4, -0.2) is 42.2 Å². The van der Waals surface area contributed by atoms with Crippen LogP contribution < -0.4 is 10.2 Å². The largest absolute Gasteiger partial charge is 0.391 e. The number of β-amino-alcohol motifs (C(OH)–C–C–N with tert-alkyl or cyclic N) is 1. The summed E-state index contributed by atoms with van der Waals surface area (Å²) in [6.07, 6.45) is 0.967. The summed E-state index contributed by atoms with van der Waals surface area (Å²) < 4.78 is 0. The highest BCUT2D eigenvalue weighted by molar-refractivity contribution is 5.95. The molecule has 1 heterocycles. The number of nitro groups is 1. The third-order valence-corrected chi connectivity index (χ3v) is 3.40. The van der Waals surface area contributed by atoms with Crippen molar-refractivity contribution in [3.63, 3.8) is 0 Å². The number of carbonyl (C=O) groups excluding carboxylic acids is 1. The maximum atomic E-state index is 11.6. The molecule has 1 atom stereocenters.